The van der Waals surface area contributed by atoms with Crippen LogP contribution >= 0.6 is 0 Å². The van der Waals surface area contributed by atoms with Gasteiger partial charge in [-0.15, -0.1) is 0 Å². The zero-order valence-electron chi connectivity index (χ0n) is 15.7. The van der Waals surface area contributed by atoms with Crippen molar-refractivity contribution in [3.63, 3.8) is 0 Å². The highest BCUT2D eigenvalue weighted by atomic mass is 16.6. The quantitative estimate of drug-likeness (QED) is 0.651. The molecule has 3 N–H and O–H groups in total. The fraction of sp³-hybridized carbons (Fsp3) is 0.875. The lowest BCUT2D eigenvalue weighted by Gasteiger charge is -2.25. The van der Waals surface area contributed by atoms with E-state index in [0.29, 0.717) is 19.0 Å². The lowest BCUT2D eigenvalue weighted by Crippen LogP contribution is -2.46. The topological polar surface area (TPSA) is 88.7 Å². The number of hydrazine groups is 1. The molecule has 23 heavy (non-hydrogen) atoms. The Morgan fingerprint density at radius 1 is 0.870 bits per heavy atom. The molecule has 0 fully saturated rings. The van der Waals surface area contributed by atoms with Crippen LogP contribution in [-0.4, -0.2) is 36.5 Å². The number of carbonyl (C=O) groups is 2. The van der Waals surface area contributed by atoms with E-state index in [1.165, 1.54) is 0 Å². The van der Waals surface area contributed by atoms with Crippen LogP contribution in [0.3, 0.4) is 0 Å². The van der Waals surface area contributed by atoms with Gasteiger partial charge in [-0.2, -0.15) is 0 Å². The van der Waals surface area contributed by atoms with E-state index in [9.17, 15) is 9.59 Å². The minimum atomic E-state index is -0.540. The molecule has 0 saturated carbocycles. The Morgan fingerprint density at radius 2 is 1.35 bits per heavy atom. The minimum absolute atomic E-state index is 0.137. The highest BCUT2D eigenvalue weighted by molar-refractivity contribution is 5.67. The Labute approximate surface area is 139 Å². The first-order valence-corrected chi connectivity index (χ1v) is 7.99. The summed E-state index contributed by atoms with van der Waals surface area (Å²) in [6.07, 6.45) is -0.969. The van der Waals surface area contributed by atoms with Crippen molar-refractivity contribution in [1.29, 1.82) is 0 Å². The smallest absolute Gasteiger partial charge is 0.422 e. The van der Waals surface area contributed by atoms with Gasteiger partial charge in [-0.1, -0.05) is 13.8 Å². The number of rotatable bonds is 6. The molecule has 0 aliphatic heterocycles. The number of hydrogen-bond acceptors (Lipinski definition) is 5. The second kappa shape index (κ2) is 8.96. The molecule has 0 heterocycles. The number of hydrogen-bond donors (Lipinski definition) is 3. The van der Waals surface area contributed by atoms with Crippen LogP contribution in [0.2, 0.25) is 0 Å². The maximum Gasteiger partial charge on any atom is 0.422 e. The van der Waals surface area contributed by atoms with Gasteiger partial charge in [-0.05, 0) is 53.4 Å². The fourth-order valence-electron chi connectivity index (χ4n) is 1.63. The third kappa shape index (κ3) is 12.7. The number of alkyl carbamates (subject to hydrolysis) is 1. The van der Waals surface area contributed by atoms with Crippen LogP contribution in [0.1, 0.15) is 55.4 Å². The van der Waals surface area contributed by atoms with Crippen LogP contribution in [0.15, 0.2) is 0 Å². The predicted octanol–water partition coefficient (Wildman–Crippen LogP) is 2.81. The van der Waals surface area contributed by atoms with Crippen molar-refractivity contribution in [2.24, 2.45) is 11.8 Å². The largest absolute Gasteiger partial charge is 0.444 e. The third-order valence-corrected chi connectivity index (χ3v) is 2.80. The summed E-state index contributed by atoms with van der Waals surface area (Å²) in [6.45, 7) is 15.9. The standard InChI is InChI=1S/C16H33N3O4/c1-11(2)12(9-17-13(20)22-15(3,4)5)10-18-19-14(21)23-16(6,7)8/h11-12,18H,9-10H2,1-8H3,(H,17,20)(H,19,21). The summed E-state index contributed by atoms with van der Waals surface area (Å²) in [7, 11) is 0. The molecular weight excluding hydrogens is 298 g/mol. The van der Waals surface area contributed by atoms with E-state index in [2.05, 4.69) is 30.0 Å². The van der Waals surface area contributed by atoms with Gasteiger partial charge >= 0.3 is 12.2 Å². The molecule has 0 radical (unpaired) electrons. The molecule has 7 nitrogen and oxygen atoms in total. The summed E-state index contributed by atoms with van der Waals surface area (Å²) in [5, 5.41) is 2.75. The molecule has 0 rings (SSSR count). The lowest BCUT2D eigenvalue weighted by molar-refractivity contribution is 0.0473. The molecule has 0 aromatic heterocycles. The molecular formula is C16H33N3O4. The van der Waals surface area contributed by atoms with E-state index in [1.807, 2.05) is 20.8 Å². The van der Waals surface area contributed by atoms with Gasteiger partial charge in [0.15, 0.2) is 0 Å². The van der Waals surface area contributed by atoms with Crippen molar-refractivity contribution >= 4 is 12.2 Å². The third-order valence-electron chi connectivity index (χ3n) is 2.80. The van der Waals surface area contributed by atoms with E-state index in [-0.39, 0.29) is 5.92 Å². The second-order valence-corrected chi connectivity index (χ2v) is 7.89. The van der Waals surface area contributed by atoms with Gasteiger partial charge in [0.1, 0.15) is 11.2 Å². The van der Waals surface area contributed by atoms with Gasteiger partial charge in [0, 0.05) is 13.1 Å². The van der Waals surface area contributed by atoms with Gasteiger partial charge in [-0.25, -0.2) is 15.0 Å². The molecule has 2 amide bonds. The molecule has 1 unspecified atom stereocenters. The first-order valence-electron chi connectivity index (χ1n) is 7.99. The Morgan fingerprint density at radius 3 is 1.78 bits per heavy atom. The number of carbonyl (C=O) groups excluding carboxylic acids is 2. The van der Waals surface area contributed by atoms with Crippen molar-refractivity contribution in [1.82, 2.24) is 16.2 Å². The van der Waals surface area contributed by atoms with E-state index in [4.69, 9.17) is 9.47 Å². The van der Waals surface area contributed by atoms with Gasteiger partial charge in [0.2, 0.25) is 0 Å². The molecule has 0 spiro atoms. The number of nitrogens with one attached hydrogen (secondary N) is 3. The zero-order valence-corrected chi connectivity index (χ0v) is 15.7. The molecule has 0 bridgehead atoms. The highest BCUT2D eigenvalue weighted by Crippen LogP contribution is 2.10. The zero-order chi connectivity index (χ0) is 18.3. The molecule has 136 valence electrons. The van der Waals surface area contributed by atoms with Crippen molar-refractivity contribution in [2.75, 3.05) is 13.1 Å². The van der Waals surface area contributed by atoms with Gasteiger partial charge in [0.25, 0.3) is 0 Å². The van der Waals surface area contributed by atoms with E-state index in [1.54, 1.807) is 20.8 Å². The summed E-state index contributed by atoms with van der Waals surface area (Å²) in [5.41, 5.74) is 4.28. The second-order valence-electron chi connectivity index (χ2n) is 7.89. The maximum atomic E-state index is 11.7. The van der Waals surface area contributed by atoms with Crippen molar-refractivity contribution in [3.8, 4) is 0 Å². The molecule has 1 atom stereocenters. The molecule has 0 aliphatic carbocycles. The normalized spacial score (nSPS) is 13.4. The van der Waals surface area contributed by atoms with Crippen LogP contribution in [-0.2, 0) is 9.47 Å². The summed E-state index contributed by atoms with van der Waals surface area (Å²) in [6, 6.07) is 0. The van der Waals surface area contributed by atoms with E-state index >= 15 is 0 Å². The lowest BCUT2D eigenvalue weighted by atomic mass is 9.96. The van der Waals surface area contributed by atoms with Crippen molar-refractivity contribution in [2.45, 2.75) is 66.6 Å². The summed E-state index contributed by atoms with van der Waals surface area (Å²) >= 11 is 0. The Hall–Kier alpha value is -1.50. The Kier molecular flexibility index (Phi) is 8.37. The van der Waals surface area contributed by atoms with Gasteiger partial charge in [0.05, 0.1) is 0 Å². The molecule has 0 aromatic rings. The van der Waals surface area contributed by atoms with Crippen molar-refractivity contribution in [3.05, 3.63) is 0 Å². The average molecular weight is 331 g/mol. The maximum absolute atomic E-state index is 11.7. The van der Waals surface area contributed by atoms with E-state index < -0.39 is 23.4 Å². The van der Waals surface area contributed by atoms with Gasteiger partial charge < -0.3 is 14.8 Å². The Balaban J connectivity index is 4.18. The Bertz CT molecular complexity index is 384. The molecule has 0 aromatic carbocycles. The molecule has 7 heteroatoms. The highest BCUT2D eigenvalue weighted by Gasteiger charge is 2.20. The number of amides is 2. The van der Waals surface area contributed by atoms with Crippen LogP contribution < -0.4 is 16.2 Å². The number of ether oxygens (including phenoxy) is 2. The summed E-state index contributed by atoms with van der Waals surface area (Å²) < 4.78 is 10.3. The summed E-state index contributed by atoms with van der Waals surface area (Å²) in [4.78, 5) is 23.2. The first-order chi connectivity index (χ1) is 10.3. The van der Waals surface area contributed by atoms with Crippen molar-refractivity contribution < 1.29 is 19.1 Å². The molecule has 0 aliphatic rings. The van der Waals surface area contributed by atoms with Gasteiger partial charge in [-0.3, -0.25) is 5.43 Å². The fourth-order valence-corrected chi connectivity index (χ4v) is 1.63. The molecule has 0 saturated heterocycles. The van der Waals surface area contributed by atoms with Crippen LogP contribution in [0, 0.1) is 11.8 Å². The SMILES string of the molecule is CC(C)C(CNNC(=O)OC(C)(C)C)CNC(=O)OC(C)(C)C. The van der Waals surface area contributed by atoms with Crippen LogP contribution in [0.5, 0.6) is 0 Å². The average Bonchev–Trinajstić information content (AvgIpc) is 2.28. The monoisotopic (exact) mass is 331 g/mol. The minimum Gasteiger partial charge on any atom is -0.444 e. The van der Waals surface area contributed by atoms with Crippen LogP contribution in [0.25, 0.3) is 0 Å². The van der Waals surface area contributed by atoms with Crippen LogP contribution in [0.4, 0.5) is 9.59 Å². The predicted molar refractivity (Wildman–Crippen MR) is 89.9 cm³/mol. The van der Waals surface area contributed by atoms with E-state index in [0.717, 1.165) is 0 Å². The summed E-state index contributed by atoms with van der Waals surface area (Å²) in [5.74, 6) is 0.454. The first kappa shape index (κ1) is 21.5.